The maximum Gasteiger partial charge on any atom is 0.530 e. The zero-order valence-electron chi connectivity index (χ0n) is 22.5. The van der Waals surface area contributed by atoms with E-state index in [0.29, 0.717) is 12.3 Å². The van der Waals surface area contributed by atoms with Crippen molar-refractivity contribution in [2.45, 2.75) is 26.4 Å². The van der Waals surface area contributed by atoms with Crippen LogP contribution in [0.15, 0.2) is 42.5 Å². The van der Waals surface area contributed by atoms with Gasteiger partial charge in [0, 0.05) is 43.3 Å². The summed E-state index contributed by atoms with van der Waals surface area (Å²) in [6.07, 6.45) is 1.07. The second kappa shape index (κ2) is 15.8. The zero-order chi connectivity index (χ0) is 28.9. The molecule has 1 aliphatic rings. The van der Waals surface area contributed by atoms with Crippen molar-refractivity contribution >= 4 is 42.5 Å². The Morgan fingerprint density at radius 1 is 1.13 bits per heavy atom. The normalized spacial score (nSPS) is 20.4. The minimum Gasteiger partial charge on any atom is -0.461 e. The summed E-state index contributed by atoms with van der Waals surface area (Å²) in [5.41, 5.74) is -0.790. The third-order valence-corrected chi connectivity index (χ3v) is 7.37. The van der Waals surface area contributed by atoms with Crippen molar-refractivity contribution in [3.8, 4) is 5.75 Å². The molecule has 0 bridgehead atoms. The van der Waals surface area contributed by atoms with Gasteiger partial charge in [0.1, 0.15) is 12.4 Å². The monoisotopic (exact) mass is 585 g/mol. The number of amides is 2. The van der Waals surface area contributed by atoms with E-state index in [4.69, 9.17) is 18.3 Å². The molecule has 0 aliphatic carbocycles. The van der Waals surface area contributed by atoms with E-state index in [1.54, 1.807) is 44.2 Å². The van der Waals surface area contributed by atoms with E-state index in [1.165, 1.54) is 0 Å². The number of hydrogen-bond acceptors (Lipinski definition) is 11. The number of thioether (sulfide) groups is 1. The third kappa shape index (κ3) is 12.3. The molecule has 2 amide bonds. The molecule has 1 aromatic rings. The van der Waals surface area contributed by atoms with Gasteiger partial charge in [-0.25, -0.2) is 9.36 Å². The number of likely N-dealkylation sites (N-methyl/N-ethyl adjacent to an activating group) is 1. The van der Waals surface area contributed by atoms with Crippen LogP contribution in [0.4, 0.5) is 0 Å². The van der Waals surface area contributed by atoms with Crippen LogP contribution in [0.5, 0.6) is 5.75 Å². The lowest BCUT2D eigenvalue weighted by molar-refractivity contribution is -0.140. The summed E-state index contributed by atoms with van der Waals surface area (Å²) in [6.45, 7) is 4.50. The number of carbonyl (C=O) groups is 4. The average molecular weight is 586 g/mol. The van der Waals surface area contributed by atoms with Crippen LogP contribution in [0.3, 0.4) is 0 Å². The standard InChI is InChI=1S/C25H36N3O9PS/c1-25(2)18-35-38(33,36-19-8-6-5-7-9-19)37-23(25)24(32)27-13-12-20(29)26-14-17-39-22(31)11-10-21(30)34-16-15-28(3)4/h5-11,23H,12-18H2,1-4H3,(H,26,29)(H,27,32)/b11-10+/t23-,38?/m0/s1. The van der Waals surface area contributed by atoms with Crippen molar-refractivity contribution in [3.05, 3.63) is 42.5 Å². The number of ether oxygens (including phenoxy) is 1. The molecule has 1 aromatic carbocycles. The third-order valence-electron chi connectivity index (χ3n) is 5.20. The van der Waals surface area contributed by atoms with Crippen LogP contribution in [0.25, 0.3) is 0 Å². The highest BCUT2D eigenvalue weighted by atomic mass is 32.2. The number of benzene rings is 1. The number of nitrogens with zero attached hydrogens (tertiary/aromatic N) is 1. The van der Waals surface area contributed by atoms with Gasteiger partial charge >= 0.3 is 13.8 Å². The number of carbonyl (C=O) groups excluding carboxylic acids is 4. The van der Waals surface area contributed by atoms with Crippen LogP contribution in [0.2, 0.25) is 0 Å². The fourth-order valence-electron chi connectivity index (χ4n) is 3.07. The van der Waals surface area contributed by atoms with Gasteiger partial charge in [0.15, 0.2) is 6.10 Å². The second-order valence-electron chi connectivity index (χ2n) is 9.46. The van der Waals surface area contributed by atoms with Crippen molar-refractivity contribution in [3.63, 3.8) is 0 Å². The fourth-order valence-corrected chi connectivity index (χ4v) is 5.30. The molecule has 39 heavy (non-hydrogen) atoms. The lowest BCUT2D eigenvalue weighted by atomic mass is 9.87. The molecule has 216 valence electrons. The van der Waals surface area contributed by atoms with Crippen molar-refractivity contribution in [2.24, 2.45) is 5.41 Å². The van der Waals surface area contributed by atoms with Crippen LogP contribution in [0.1, 0.15) is 20.3 Å². The quantitative estimate of drug-likeness (QED) is 0.143. The Labute approximate surface area is 232 Å². The van der Waals surface area contributed by atoms with Crippen molar-refractivity contribution in [1.29, 1.82) is 0 Å². The molecule has 1 unspecified atom stereocenters. The smallest absolute Gasteiger partial charge is 0.461 e. The number of esters is 1. The molecule has 0 saturated carbocycles. The Morgan fingerprint density at radius 2 is 1.85 bits per heavy atom. The van der Waals surface area contributed by atoms with E-state index < -0.39 is 31.2 Å². The number of phosphoric ester groups is 1. The molecule has 1 fully saturated rings. The van der Waals surface area contributed by atoms with Gasteiger partial charge < -0.3 is 24.8 Å². The zero-order valence-corrected chi connectivity index (χ0v) is 24.3. The molecule has 2 N–H and O–H groups in total. The first kappa shape index (κ1) is 32.5. The van der Waals surface area contributed by atoms with Crippen LogP contribution in [-0.4, -0.2) is 86.6 Å². The summed E-state index contributed by atoms with van der Waals surface area (Å²) >= 11 is 0.944. The summed E-state index contributed by atoms with van der Waals surface area (Å²) < 4.78 is 34.1. The highest BCUT2D eigenvalue weighted by molar-refractivity contribution is 8.14. The Hall–Kier alpha value is -2.70. The highest BCUT2D eigenvalue weighted by Crippen LogP contribution is 2.56. The molecule has 2 atom stereocenters. The number of para-hydroxylation sites is 1. The lowest BCUT2D eigenvalue weighted by Crippen LogP contribution is -2.50. The molecule has 14 heteroatoms. The van der Waals surface area contributed by atoms with E-state index in [1.807, 2.05) is 19.0 Å². The molecule has 0 radical (unpaired) electrons. The first-order valence-corrected chi connectivity index (χ1v) is 14.7. The van der Waals surface area contributed by atoms with Crippen LogP contribution < -0.4 is 15.2 Å². The van der Waals surface area contributed by atoms with Gasteiger partial charge in [0.05, 0.1) is 6.61 Å². The first-order chi connectivity index (χ1) is 18.4. The number of rotatable bonds is 14. The molecule has 1 heterocycles. The largest absolute Gasteiger partial charge is 0.530 e. The Morgan fingerprint density at radius 3 is 2.54 bits per heavy atom. The minimum atomic E-state index is -4.02. The molecule has 1 aliphatic heterocycles. The summed E-state index contributed by atoms with van der Waals surface area (Å²) in [4.78, 5) is 50.1. The van der Waals surface area contributed by atoms with Gasteiger partial charge in [-0.2, -0.15) is 0 Å². The Balaban J connectivity index is 1.67. The van der Waals surface area contributed by atoms with Gasteiger partial charge in [-0.15, -0.1) is 0 Å². The van der Waals surface area contributed by atoms with Crippen LogP contribution in [-0.2, 0) is 37.5 Å². The highest BCUT2D eigenvalue weighted by Gasteiger charge is 2.49. The van der Waals surface area contributed by atoms with E-state index >= 15 is 0 Å². The van der Waals surface area contributed by atoms with E-state index in [2.05, 4.69) is 10.6 Å². The van der Waals surface area contributed by atoms with Crippen molar-refractivity contribution < 1.29 is 42.1 Å². The average Bonchev–Trinajstić information content (AvgIpc) is 2.87. The lowest BCUT2D eigenvalue weighted by Gasteiger charge is -2.39. The molecule has 0 spiro atoms. The predicted octanol–water partition coefficient (Wildman–Crippen LogP) is 2.16. The van der Waals surface area contributed by atoms with Gasteiger partial charge in [0.2, 0.25) is 11.0 Å². The maximum atomic E-state index is 13.0. The topological polar surface area (TPSA) is 150 Å². The van der Waals surface area contributed by atoms with E-state index in [0.717, 1.165) is 23.9 Å². The van der Waals surface area contributed by atoms with E-state index in [-0.39, 0.29) is 49.5 Å². The van der Waals surface area contributed by atoms with Gasteiger partial charge in [-0.1, -0.05) is 43.8 Å². The maximum absolute atomic E-state index is 13.0. The van der Waals surface area contributed by atoms with Crippen molar-refractivity contribution in [1.82, 2.24) is 15.5 Å². The molecule has 12 nitrogen and oxygen atoms in total. The molecular formula is C25H36N3O9PS. The summed E-state index contributed by atoms with van der Waals surface area (Å²) in [6, 6.07) is 8.35. The first-order valence-electron chi connectivity index (χ1n) is 12.3. The number of nitrogens with one attached hydrogen (secondary N) is 2. The molecule has 2 rings (SSSR count). The number of phosphoric acid groups is 1. The summed E-state index contributed by atoms with van der Waals surface area (Å²) in [5, 5.41) is 4.94. The van der Waals surface area contributed by atoms with Gasteiger partial charge in [-0.3, -0.25) is 23.4 Å². The van der Waals surface area contributed by atoms with Crippen LogP contribution in [0, 0.1) is 5.41 Å². The van der Waals surface area contributed by atoms with Crippen LogP contribution >= 0.6 is 19.6 Å². The second-order valence-corrected chi connectivity index (χ2v) is 12.1. The SMILES string of the molecule is CN(C)CCOC(=O)/C=C/C(=O)SCCNC(=O)CCNC(=O)[C@@H]1OP(=O)(Oc2ccccc2)OCC1(C)C. The van der Waals surface area contributed by atoms with Gasteiger partial charge in [0.25, 0.3) is 5.91 Å². The molecular weight excluding hydrogens is 549 g/mol. The summed E-state index contributed by atoms with van der Waals surface area (Å²) in [7, 11) is -0.322. The minimum absolute atomic E-state index is 0.00906. The van der Waals surface area contributed by atoms with E-state index in [9.17, 15) is 23.7 Å². The molecule has 1 saturated heterocycles. The van der Waals surface area contributed by atoms with Gasteiger partial charge in [-0.05, 0) is 32.3 Å². The van der Waals surface area contributed by atoms with Crippen molar-refractivity contribution in [2.75, 3.05) is 52.7 Å². The number of hydrogen-bond donors (Lipinski definition) is 2. The Kier molecular flexibility index (Phi) is 13.2. The molecule has 0 aromatic heterocycles. The predicted molar refractivity (Wildman–Crippen MR) is 146 cm³/mol. The summed E-state index contributed by atoms with van der Waals surface area (Å²) in [5.74, 6) is -0.875. The Bertz CT molecular complexity index is 1070. The fraction of sp³-hybridized carbons (Fsp3) is 0.520.